The van der Waals surface area contributed by atoms with Crippen LogP contribution in [0.25, 0.3) is 16.9 Å². The monoisotopic (exact) mass is 512 g/mol. The number of aromatic hydroxyl groups is 1. The molecule has 0 radical (unpaired) electrons. The minimum Gasteiger partial charge on any atom is -0.503 e. The predicted molar refractivity (Wildman–Crippen MR) is 135 cm³/mol. The van der Waals surface area contributed by atoms with Gasteiger partial charge < -0.3 is 15.7 Å². The summed E-state index contributed by atoms with van der Waals surface area (Å²) in [7, 11) is 0. The first-order valence-electron chi connectivity index (χ1n) is 10.3. The molecule has 4 aromatic rings. The van der Waals surface area contributed by atoms with Crippen LogP contribution in [0.2, 0.25) is 10.0 Å². The molecule has 3 N–H and O–H groups in total. The zero-order chi connectivity index (χ0) is 24.9. The molecule has 0 aliphatic heterocycles. The molecule has 35 heavy (non-hydrogen) atoms. The maximum absolute atomic E-state index is 12.5. The van der Waals surface area contributed by atoms with E-state index in [1.165, 1.54) is 35.2 Å². The lowest BCUT2D eigenvalue weighted by molar-refractivity contribution is -0.385. The van der Waals surface area contributed by atoms with Crippen LogP contribution in [-0.2, 0) is 0 Å². The third kappa shape index (κ3) is 5.51. The highest BCUT2D eigenvalue weighted by atomic mass is 35.5. The Labute approximate surface area is 209 Å². The number of anilines is 2. The van der Waals surface area contributed by atoms with Crippen molar-refractivity contribution in [3.63, 3.8) is 0 Å². The highest BCUT2D eigenvalue weighted by Crippen LogP contribution is 2.33. The van der Waals surface area contributed by atoms with E-state index in [1.54, 1.807) is 36.4 Å². The molecule has 12 heteroatoms. The van der Waals surface area contributed by atoms with Crippen LogP contribution < -0.4 is 16.2 Å². The number of aromatic nitrogens is 3. The summed E-state index contributed by atoms with van der Waals surface area (Å²) in [6.07, 6.45) is 2.71. The molecule has 1 aromatic carbocycles. The number of nitrogens with zero attached hydrogens (tertiary/aromatic N) is 4. The number of nitrogens with one attached hydrogen (secondary N) is 2. The van der Waals surface area contributed by atoms with Crippen LogP contribution in [0.1, 0.15) is 0 Å². The van der Waals surface area contributed by atoms with Gasteiger partial charge in [-0.05, 0) is 48.5 Å². The van der Waals surface area contributed by atoms with E-state index in [4.69, 9.17) is 23.2 Å². The van der Waals surface area contributed by atoms with Gasteiger partial charge in [0.05, 0.1) is 21.3 Å². The second kappa shape index (κ2) is 10.4. The van der Waals surface area contributed by atoms with Gasteiger partial charge in [0.2, 0.25) is 0 Å². The van der Waals surface area contributed by atoms with E-state index < -0.39 is 16.2 Å². The minimum absolute atomic E-state index is 0.0859. The molecule has 0 unspecified atom stereocenters. The van der Waals surface area contributed by atoms with Gasteiger partial charge in [-0.2, -0.15) is 0 Å². The molecule has 0 aliphatic rings. The predicted octanol–water partition coefficient (Wildman–Crippen LogP) is 4.74. The summed E-state index contributed by atoms with van der Waals surface area (Å²) in [5.74, 6) is 0.618. The molecular formula is C23H18Cl2N6O4. The summed E-state index contributed by atoms with van der Waals surface area (Å²) in [4.78, 5) is 31.4. The second-order valence-corrected chi connectivity index (χ2v) is 8.11. The van der Waals surface area contributed by atoms with Crippen LogP contribution in [0.15, 0.2) is 71.8 Å². The van der Waals surface area contributed by atoms with E-state index in [1.807, 2.05) is 0 Å². The quantitative estimate of drug-likeness (QED) is 0.175. The number of hydrogen-bond donors (Lipinski definition) is 3. The molecule has 0 amide bonds. The average molecular weight is 513 g/mol. The Morgan fingerprint density at radius 1 is 1.03 bits per heavy atom. The molecule has 0 bridgehead atoms. The Balaban J connectivity index is 1.57. The Morgan fingerprint density at radius 2 is 1.77 bits per heavy atom. The summed E-state index contributed by atoms with van der Waals surface area (Å²) in [5, 5.41) is 27.7. The van der Waals surface area contributed by atoms with E-state index in [-0.39, 0.29) is 5.69 Å². The van der Waals surface area contributed by atoms with Gasteiger partial charge in [0.25, 0.3) is 11.2 Å². The number of halogens is 2. The van der Waals surface area contributed by atoms with E-state index in [0.29, 0.717) is 51.7 Å². The van der Waals surface area contributed by atoms with Crippen molar-refractivity contribution in [2.24, 2.45) is 0 Å². The van der Waals surface area contributed by atoms with Gasteiger partial charge in [0, 0.05) is 35.9 Å². The van der Waals surface area contributed by atoms with Crippen LogP contribution in [-0.4, -0.2) is 37.7 Å². The first-order valence-corrected chi connectivity index (χ1v) is 11.0. The molecule has 0 saturated carbocycles. The maximum Gasteiger partial charge on any atom is 0.297 e. The highest BCUT2D eigenvalue weighted by molar-refractivity contribution is 6.36. The van der Waals surface area contributed by atoms with E-state index in [0.717, 1.165) is 0 Å². The largest absolute Gasteiger partial charge is 0.503 e. The fraction of sp³-hybridized carbons (Fsp3) is 0.0870. The van der Waals surface area contributed by atoms with Gasteiger partial charge in [-0.15, -0.1) is 0 Å². The van der Waals surface area contributed by atoms with Gasteiger partial charge >= 0.3 is 0 Å². The van der Waals surface area contributed by atoms with Crippen molar-refractivity contribution in [1.29, 1.82) is 0 Å². The standard InChI is InChI=1S/C23H18Cl2N6O4/c24-14-3-5-16(17(25)12-14)22-18(30-11-1-2-19(32)23(30)33)6-8-21(29-22)27-10-9-26-20-7-4-15(13-28-20)31(34)35/h1-8,11-13,32H,9-10H2,(H,26,28)(H,27,29). The zero-order valence-corrected chi connectivity index (χ0v) is 19.5. The van der Waals surface area contributed by atoms with Gasteiger partial charge in [0.15, 0.2) is 5.75 Å². The summed E-state index contributed by atoms with van der Waals surface area (Å²) in [5.41, 5.74) is 0.708. The lowest BCUT2D eigenvalue weighted by Crippen LogP contribution is -2.19. The molecule has 0 saturated heterocycles. The first-order chi connectivity index (χ1) is 16.8. The number of hydrogen-bond acceptors (Lipinski definition) is 8. The van der Waals surface area contributed by atoms with Crippen LogP contribution in [0.5, 0.6) is 5.75 Å². The fourth-order valence-corrected chi connectivity index (χ4v) is 3.77. The molecule has 3 aromatic heterocycles. The number of nitro groups is 1. The first kappa shape index (κ1) is 24.0. The van der Waals surface area contributed by atoms with E-state index >= 15 is 0 Å². The molecule has 0 fully saturated rings. The lowest BCUT2D eigenvalue weighted by atomic mass is 10.1. The van der Waals surface area contributed by atoms with Crippen LogP contribution in [0.4, 0.5) is 17.3 Å². The summed E-state index contributed by atoms with van der Waals surface area (Å²) in [6.45, 7) is 0.905. The minimum atomic E-state index is -0.596. The summed E-state index contributed by atoms with van der Waals surface area (Å²) in [6, 6.07) is 14.1. The topological polar surface area (TPSA) is 135 Å². The van der Waals surface area contributed by atoms with Gasteiger partial charge in [-0.3, -0.25) is 19.5 Å². The van der Waals surface area contributed by atoms with E-state index in [2.05, 4.69) is 20.6 Å². The third-order valence-corrected chi connectivity index (χ3v) is 5.49. The summed E-state index contributed by atoms with van der Waals surface area (Å²) < 4.78 is 1.29. The van der Waals surface area contributed by atoms with Crippen LogP contribution in [0.3, 0.4) is 0 Å². The van der Waals surface area contributed by atoms with Crippen molar-refractivity contribution >= 4 is 40.5 Å². The Kier molecular flexibility index (Phi) is 7.14. The SMILES string of the molecule is O=c1c(O)cccn1-c1ccc(NCCNc2ccc([N+](=O)[O-])cn2)nc1-c1ccc(Cl)cc1Cl. The lowest BCUT2D eigenvalue weighted by Gasteiger charge is -2.15. The Hall–Kier alpha value is -4.15. The molecule has 0 aliphatic carbocycles. The molecule has 0 atom stereocenters. The maximum atomic E-state index is 12.5. The third-order valence-electron chi connectivity index (χ3n) is 4.94. The molecule has 0 spiro atoms. The second-order valence-electron chi connectivity index (χ2n) is 7.27. The highest BCUT2D eigenvalue weighted by Gasteiger charge is 2.16. The molecule has 4 rings (SSSR count). The normalized spacial score (nSPS) is 10.7. The molecule has 3 heterocycles. The fourth-order valence-electron chi connectivity index (χ4n) is 3.28. The van der Waals surface area contributed by atoms with Crippen molar-refractivity contribution in [3.8, 4) is 22.7 Å². The Morgan fingerprint density at radius 3 is 2.46 bits per heavy atom. The van der Waals surface area contributed by atoms with Crippen molar-refractivity contribution in [1.82, 2.24) is 14.5 Å². The smallest absolute Gasteiger partial charge is 0.297 e. The van der Waals surface area contributed by atoms with E-state index in [9.17, 15) is 20.0 Å². The van der Waals surface area contributed by atoms with Crippen LogP contribution >= 0.6 is 23.2 Å². The Bertz CT molecular complexity index is 1440. The average Bonchev–Trinajstić information content (AvgIpc) is 2.84. The van der Waals surface area contributed by atoms with Crippen molar-refractivity contribution in [2.75, 3.05) is 23.7 Å². The number of benzene rings is 1. The number of pyridine rings is 3. The molecule has 178 valence electrons. The number of rotatable bonds is 8. The zero-order valence-electron chi connectivity index (χ0n) is 18.0. The van der Waals surface area contributed by atoms with Gasteiger partial charge in [-0.1, -0.05) is 23.2 Å². The molecule has 10 nitrogen and oxygen atoms in total. The van der Waals surface area contributed by atoms with Crippen LogP contribution in [0, 0.1) is 10.1 Å². The molecular weight excluding hydrogens is 495 g/mol. The summed E-state index contributed by atoms with van der Waals surface area (Å²) >= 11 is 12.5. The van der Waals surface area contributed by atoms with Gasteiger partial charge in [-0.25, -0.2) is 9.97 Å². The van der Waals surface area contributed by atoms with Crippen molar-refractivity contribution in [2.45, 2.75) is 0 Å². The van der Waals surface area contributed by atoms with Crippen molar-refractivity contribution in [3.05, 3.63) is 97.5 Å². The van der Waals surface area contributed by atoms with Gasteiger partial charge in [0.1, 0.15) is 17.8 Å². The van der Waals surface area contributed by atoms with Crippen molar-refractivity contribution < 1.29 is 10.0 Å².